The van der Waals surface area contributed by atoms with Gasteiger partial charge in [-0.3, -0.25) is 0 Å². The molecular weight excluding hydrogens is 196 g/mol. The molecule has 0 aromatic carbocycles. The Morgan fingerprint density at radius 3 is 2.56 bits per heavy atom. The first kappa shape index (κ1) is 11.9. The van der Waals surface area contributed by atoms with Crippen LogP contribution in [-0.2, 0) is 0 Å². The molecule has 0 bridgehead atoms. The third kappa shape index (κ3) is 2.57. The van der Waals surface area contributed by atoms with E-state index in [4.69, 9.17) is 0 Å². The summed E-state index contributed by atoms with van der Waals surface area (Å²) >= 11 is 0. The first-order chi connectivity index (χ1) is 7.83. The van der Waals surface area contributed by atoms with E-state index in [0.29, 0.717) is 0 Å². The molecule has 1 atom stereocenters. The van der Waals surface area contributed by atoms with Crippen LogP contribution < -0.4 is 0 Å². The van der Waals surface area contributed by atoms with Gasteiger partial charge in [0.1, 0.15) is 0 Å². The van der Waals surface area contributed by atoms with Crippen LogP contribution in [0, 0.1) is 0 Å². The molecule has 90 valence electrons. The van der Waals surface area contributed by atoms with Crippen LogP contribution in [0.3, 0.4) is 0 Å². The van der Waals surface area contributed by atoms with Gasteiger partial charge < -0.3 is 5.11 Å². The van der Waals surface area contributed by atoms with E-state index < -0.39 is 0 Å². The van der Waals surface area contributed by atoms with Crippen LogP contribution in [0.25, 0.3) is 0 Å². The molecule has 2 rings (SSSR count). The number of hydrogen-bond donors (Lipinski definition) is 1. The molecule has 0 amide bonds. The monoisotopic (exact) mass is 220 g/mol. The van der Waals surface area contributed by atoms with Crippen LogP contribution in [0.4, 0.5) is 0 Å². The summed E-state index contributed by atoms with van der Waals surface area (Å²) in [6, 6.07) is 0. The molecule has 2 aliphatic rings. The van der Waals surface area contributed by atoms with Gasteiger partial charge in [-0.05, 0) is 56.1 Å². The molecule has 0 aromatic rings. The van der Waals surface area contributed by atoms with Crippen LogP contribution in [0.5, 0.6) is 0 Å². The maximum atomic E-state index is 10.3. The van der Waals surface area contributed by atoms with Crippen LogP contribution in [0.15, 0.2) is 22.8 Å². The molecule has 1 heteroatoms. The zero-order valence-corrected chi connectivity index (χ0v) is 10.5. The summed E-state index contributed by atoms with van der Waals surface area (Å²) in [5, 5.41) is 10.3. The maximum absolute atomic E-state index is 10.3. The van der Waals surface area contributed by atoms with E-state index in [1.54, 1.807) is 5.57 Å². The van der Waals surface area contributed by atoms with Gasteiger partial charge in [-0.2, -0.15) is 0 Å². The van der Waals surface area contributed by atoms with Crippen molar-refractivity contribution in [1.29, 1.82) is 0 Å². The third-order valence-corrected chi connectivity index (χ3v) is 3.97. The van der Waals surface area contributed by atoms with Crippen molar-refractivity contribution in [3.05, 3.63) is 22.8 Å². The van der Waals surface area contributed by atoms with E-state index in [1.807, 2.05) is 0 Å². The van der Waals surface area contributed by atoms with Gasteiger partial charge in [-0.1, -0.05) is 31.4 Å². The van der Waals surface area contributed by atoms with Gasteiger partial charge in [0.2, 0.25) is 0 Å². The highest BCUT2D eigenvalue weighted by Crippen LogP contribution is 2.37. The van der Waals surface area contributed by atoms with Crippen molar-refractivity contribution in [1.82, 2.24) is 0 Å². The summed E-state index contributed by atoms with van der Waals surface area (Å²) in [5.41, 5.74) is 4.25. The molecule has 0 heterocycles. The Balaban J connectivity index is 2.08. The molecule has 0 spiro atoms. The van der Waals surface area contributed by atoms with Crippen molar-refractivity contribution in [2.75, 3.05) is 0 Å². The van der Waals surface area contributed by atoms with Crippen LogP contribution in [-0.4, -0.2) is 11.2 Å². The first-order valence-corrected chi connectivity index (χ1v) is 6.90. The lowest BCUT2D eigenvalue weighted by Crippen LogP contribution is -2.09. The number of aliphatic hydroxyl groups excluding tert-OH is 1. The average Bonchev–Trinajstić information content (AvgIpc) is 2.69. The smallest absolute Gasteiger partial charge is 0.0963 e. The average molecular weight is 220 g/mol. The fraction of sp³-hybridized carbons (Fsp3) is 0.733. The van der Waals surface area contributed by atoms with E-state index in [-0.39, 0.29) is 6.10 Å². The Kier molecular flexibility index (Phi) is 4.22. The van der Waals surface area contributed by atoms with Crippen LogP contribution in [0.2, 0.25) is 0 Å². The highest BCUT2D eigenvalue weighted by molar-refractivity contribution is 5.34. The van der Waals surface area contributed by atoms with Crippen molar-refractivity contribution < 1.29 is 5.11 Å². The molecule has 1 unspecified atom stereocenters. The van der Waals surface area contributed by atoms with Gasteiger partial charge >= 0.3 is 0 Å². The first-order valence-electron chi connectivity index (χ1n) is 6.90. The van der Waals surface area contributed by atoms with Gasteiger partial charge in [0.05, 0.1) is 6.10 Å². The van der Waals surface area contributed by atoms with E-state index in [9.17, 15) is 5.11 Å². The lowest BCUT2D eigenvalue weighted by molar-refractivity contribution is 0.252. The number of aliphatic hydroxyl groups is 1. The number of rotatable bonds is 2. The van der Waals surface area contributed by atoms with Crippen LogP contribution >= 0.6 is 0 Å². The zero-order chi connectivity index (χ0) is 11.4. The zero-order valence-electron chi connectivity index (χ0n) is 10.5. The van der Waals surface area contributed by atoms with E-state index in [2.05, 4.69) is 13.0 Å². The van der Waals surface area contributed by atoms with Gasteiger partial charge in [0, 0.05) is 0 Å². The van der Waals surface area contributed by atoms with Crippen molar-refractivity contribution in [2.24, 2.45) is 0 Å². The van der Waals surface area contributed by atoms with Crippen molar-refractivity contribution in [2.45, 2.75) is 70.8 Å². The standard InChI is InChI=1S/C15H24O/c1-2-3-7-13-10-11-14(15(13)16)12-8-5-4-6-9-12/h7,15-16H,2-6,8-11H2,1H3. The van der Waals surface area contributed by atoms with Gasteiger partial charge in [0.25, 0.3) is 0 Å². The third-order valence-electron chi connectivity index (χ3n) is 3.97. The lowest BCUT2D eigenvalue weighted by Gasteiger charge is -2.18. The second-order valence-corrected chi connectivity index (χ2v) is 5.16. The van der Waals surface area contributed by atoms with Crippen molar-refractivity contribution >= 4 is 0 Å². The summed E-state index contributed by atoms with van der Waals surface area (Å²) in [6.07, 6.45) is 13.1. The molecule has 0 aliphatic heterocycles. The molecule has 2 saturated carbocycles. The fourth-order valence-electron chi connectivity index (χ4n) is 2.99. The van der Waals surface area contributed by atoms with Crippen molar-refractivity contribution in [3.8, 4) is 0 Å². The van der Waals surface area contributed by atoms with Crippen molar-refractivity contribution in [3.63, 3.8) is 0 Å². The number of hydrogen-bond acceptors (Lipinski definition) is 1. The maximum Gasteiger partial charge on any atom is 0.0963 e. The molecule has 0 aromatic heterocycles. The lowest BCUT2D eigenvalue weighted by atomic mass is 9.89. The fourth-order valence-corrected chi connectivity index (χ4v) is 2.99. The van der Waals surface area contributed by atoms with E-state index in [0.717, 1.165) is 19.3 Å². The molecule has 2 fully saturated rings. The van der Waals surface area contributed by atoms with Gasteiger partial charge in [0.15, 0.2) is 0 Å². The Morgan fingerprint density at radius 2 is 1.88 bits per heavy atom. The Hall–Kier alpha value is -0.560. The minimum atomic E-state index is -0.223. The largest absolute Gasteiger partial charge is 0.384 e. The van der Waals surface area contributed by atoms with E-state index in [1.165, 1.54) is 49.7 Å². The van der Waals surface area contributed by atoms with Gasteiger partial charge in [-0.15, -0.1) is 0 Å². The molecule has 0 radical (unpaired) electrons. The summed E-state index contributed by atoms with van der Waals surface area (Å²) in [4.78, 5) is 0. The minimum Gasteiger partial charge on any atom is -0.384 e. The normalized spacial score (nSPS) is 29.1. The number of allylic oxidation sites excluding steroid dienone is 2. The topological polar surface area (TPSA) is 20.2 Å². The Morgan fingerprint density at radius 1 is 1.12 bits per heavy atom. The summed E-state index contributed by atoms with van der Waals surface area (Å²) in [5.74, 6) is 0. The summed E-state index contributed by atoms with van der Waals surface area (Å²) in [7, 11) is 0. The minimum absolute atomic E-state index is 0.223. The van der Waals surface area contributed by atoms with Gasteiger partial charge in [-0.25, -0.2) is 0 Å². The highest BCUT2D eigenvalue weighted by atomic mass is 16.3. The SMILES string of the molecule is CCCC=C1CCC(=C2CCCCC2)C1O. The molecule has 0 saturated heterocycles. The van der Waals surface area contributed by atoms with E-state index >= 15 is 0 Å². The molecular formula is C15H24O. The number of unbranched alkanes of at least 4 members (excludes halogenated alkanes) is 1. The molecule has 16 heavy (non-hydrogen) atoms. The Labute approximate surface area is 99.3 Å². The van der Waals surface area contributed by atoms with Crippen LogP contribution in [0.1, 0.15) is 64.7 Å². The second kappa shape index (κ2) is 5.67. The Bertz CT molecular complexity index is 291. The highest BCUT2D eigenvalue weighted by Gasteiger charge is 2.26. The molecule has 1 nitrogen and oxygen atoms in total. The second-order valence-electron chi connectivity index (χ2n) is 5.16. The predicted octanol–water partition coefficient (Wildman–Crippen LogP) is 4.13. The molecule has 1 N–H and O–H groups in total. The predicted molar refractivity (Wildman–Crippen MR) is 68.3 cm³/mol. The summed E-state index contributed by atoms with van der Waals surface area (Å²) < 4.78 is 0. The quantitative estimate of drug-likeness (QED) is 0.694. The summed E-state index contributed by atoms with van der Waals surface area (Å²) in [6.45, 7) is 2.19. The molecule has 2 aliphatic carbocycles.